The van der Waals surface area contributed by atoms with Crippen LogP contribution in [0.15, 0.2) is 0 Å². The first-order valence-corrected chi connectivity index (χ1v) is 6.51. The second-order valence-electron chi connectivity index (χ2n) is 5.97. The standard InChI is InChI=1S/C13H26N2O.2CH4.ClH/c1-5-10(13(14)16)7-12-9-15(3,4)8-11(12)6-2;;;/h10-12H,5-9H2,1-4H3,(H-,14,16);2*1H4;1H. The highest BCUT2D eigenvalue weighted by Gasteiger charge is 2.40. The molecule has 3 unspecified atom stereocenters. The Morgan fingerprint density at radius 3 is 2.05 bits per heavy atom. The van der Waals surface area contributed by atoms with Crippen LogP contribution in [0.1, 0.15) is 48.0 Å². The molecule has 1 aliphatic heterocycles. The second kappa shape index (κ2) is 9.60. The van der Waals surface area contributed by atoms with Gasteiger partial charge in [0, 0.05) is 17.8 Å². The molecule has 0 radical (unpaired) electrons. The van der Waals surface area contributed by atoms with Crippen molar-refractivity contribution in [3.05, 3.63) is 0 Å². The van der Waals surface area contributed by atoms with Crippen LogP contribution in [0.5, 0.6) is 0 Å². The second-order valence-corrected chi connectivity index (χ2v) is 5.97. The highest BCUT2D eigenvalue weighted by atomic mass is 35.5. The summed E-state index contributed by atoms with van der Waals surface area (Å²) in [5.74, 6) is 1.41. The van der Waals surface area contributed by atoms with Crippen LogP contribution < -0.4 is 18.1 Å². The van der Waals surface area contributed by atoms with Gasteiger partial charge in [-0.1, -0.05) is 28.7 Å². The number of carbonyl (C=O) groups excluding carboxylic acids is 1. The van der Waals surface area contributed by atoms with Crippen molar-refractivity contribution in [2.75, 3.05) is 27.2 Å². The molecule has 1 aliphatic rings. The molecule has 1 heterocycles. The Hall–Kier alpha value is -0.280. The van der Waals surface area contributed by atoms with Gasteiger partial charge in [-0.3, -0.25) is 4.79 Å². The van der Waals surface area contributed by atoms with Crippen LogP contribution in [-0.4, -0.2) is 37.6 Å². The fourth-order valence-electron chi connectivity index (χ4n) is 3.22. The molecule has 19 heavy (non-hydrogen) atoms. The van der Waals surface area contributed by atoms with Gasteiger partial charge in [-0.25, -0.2) is 0 Å². The zero-order chi connectivity index (χ0) is 12.3. The summed E-state index contributed by atoms with van der Waals surface area (Å²) in [5, 5.41) is 0. The lowest BCUT2D eigenvalue weighted by Crippen LogP contribution is -3.00. The highest BCUT2D eigenvalue weighted by molar-refractivity contribution is 5.76. The smallest absolute Gasteiger partial charge is 0.220 e. The summed E-state index contributed by atoms with van der Waals surface area (Å²) < 4.78 is 1.10. The molecule has 118 valence electrons. The van der Waals surface area contributed by atoms with Gasteiger partial charge in [0.05, 0.1) is 27.2 Å². The van der Waals surface area contributed by atoms with Crippen molar-refractivity contribution in [3.63, 3.8) is 0 Å². The third-order valence-electron chi connectivity index (χ3n) is 4.13. The van der Waals surface area contributed by atoms with Crippen molar-refractivity contribution in [1.29, 1.82) is 0 Å². The molecule has 3 nitrogen and oxygen atoms in total. The number of amides is 1. The Morgan fingerprint density at radius 1 is 1.21 bits per heavy atom. The van der Waals surface area contributed by atoms with E-state index >= 15 is 0 Å². The van der Waals surface area contributed by atoms with Gasteiger partial charge in [0.1, 0.15) is 0 Å². The van der Waals surface area contributed by atoms with Crippen molar-refractivity contribution in [2.24, 2.45) is 23.5 Å². The summed E-state index contributed by atoms with van der Waals surface area (Å²) >= 11 is 0. The largest absolute Gasteiger partial charge is 1.00 e. The Labute approximate surface area is 126 Å². The Balaban J connectivity index is -0.000000853. The Kier molecular flexibility index (Phi) is 12.0. The molecule has 0 aliphatic carbocycles. The molecule has 1 rings (SSSR count). The van der Waals surface area contributed by atoms with Gasteiger partial charge in [-0.2, -0.15) is 0 Å². The van der Waals surface area contributed by atoms with Gasteiger partial charge >= 0.3 is 0 Å². The average molecular weight is 295 g/mol. The van der Waals surface area contributed by atoms with E-state index in [1.807, 2.05) is 0 Å². The van der Waals surface area contributed by atoms with E-state index in [4.69, 9.17) is 5.73 Å². The summed E-state index contributed by atoms with van der Waals surface area (Å²) in [6.45, 7) is 6.76. The molecule has 0 aromatic heterocycles. The van der Waals surface area contributed by atoms with Crippen LogP contribution in [0.2, 0.25) is 0 Å². The van der Waals surface area contributed by atoms with E-state index in [2.05, 4.69) is 27.9 Å². The number of carbonyl (C=O) groups is 1. The maximum absolute atomic E-state index is 11.3. The first-order chi connectivity index (χ1) is 7.39. The van der Waals surface area contributed by atoms with Crippen LogP contribution in [0.4, 0.5) is 0 Å². The maximum atomic E-state index is 11.3. The number of quaternary nitrogens is 1. The molecular weight excluding hydrogens is 260 g/mol. The molecule has 2 N–H and O–H groups in total. The van der Waals surface area contributed by atoms with Gasteiger partial charge in [-0.15, -0.1) is 0 Å². The number of rotatable bonds is 5. The minimum Gasteiger partial charge on any atom is -1.00 e. The third kappa shape index (κ3) is 6.62. The summed E-state index contributed by atoms with van der Waals surface area (Å²) in [4.78, 5) is 11.3. The van der Waals surface area contributed by atoms with Crippen LogP contribution in [0, 0.1) is 17.8 Å². The lowest BCUT2D eigenvalue weighted by molar-refractivity contribution is -0.880. The monoisotopic (exact) mass is 294 g/mol. The van der Waals surface area contributed by atoms with E-state index in [0.29, 0.717) is 5.92 Å². The zero-order valence-electron chi connectivity index (χ0n) is 11.6. The predicted octanol–water partition coefficient (Wildman–Crippen LogP) is -0.103. The SMILES string of the molecule is C.C.CCC(CC1C[N+](C)(C)CC1CC)C(N)=O.[Cl-]. The zero-order valence-corrected chi connectivity index (χ0v) is 12.3. The minimum absolute atomic E-state index is 0. The first kappa shape index (κ1) is 23.8. The van der Waals surface area contributed by atoms with Crippen molar-refractivity contribution >= 4 is 5.91 Å². The minimum atomic E-state index is -0.116. The fourth-order valence-corrected chi connectivity index (χ4v) is 3.22. The molecule has 1 fully saturated rings. The number of hydrogen-bond donors (Lipinski definition) is 1. The van der Waals surface area contributed by atoms with Crippen molar-refractivity contribution in [2.45, 2.75) is 48.0 Å². The van der Waals surface area contributed by atoms with Crippen LogP contribution >= 0.6 is 0 Å². The van der Waals surface area contributed by atoms with Gasteiger partial charge in [-0.05, 0) is 19.3 Å². The third-order valence-corrected chi connectivity index (χ3v) is 4.13. The summed E-state index contributed by atoms with van der Waals surface area (Å²) in [5.41, 5.74) is 5.44. The molecule has 0 aromatic carbocycles. The predicted molar refractivity (Wildman–Crippen MR) is 80.2 cm³/mol. The normalized spacial score (nSPS) is 25.5. The molecule has 0 aromatic rings. The van der Waals surface area contributed by atoms with E-state index < -0.39 is 0 Å². The molecule has 3 atom stereocenters. The quantitative estimate of drug-likeness (QED) is 0.707. The van der Waals surface area contributed by atoms with E-state index in [0.717, 1.165) is 23.2 Å². The molecule has 0 saturated carbocycles. The van der Waals surface area contributed by atoms with Crippen molar-refractivity contribution in [1.82, 2.24) is 0 Å². The van der Waals surface area contributed by atoms with E-state index in [9.17, 15) is 4.79 Å². The van der Waals surface area contributed by atoms with Crippen molar-refractivity contribution < 1.29 is 21.7 Å². The van der Waals surface area contributed by atoms with Crippen molar-refractivity contribution in [3.8, 4) is 0 Å². The summed E-state index contributed by atoms with van der Waals surface area (Å²) in [7, 11) is 4.57. The molecule has 0 bridgehead atoms. The Bertz CT molecular complexity index is 257. The topological polar surface area (TPSA) is 43.1 Å². The fraction of sp³-hybridized carbons (Fsp3) is 0.933. The lowest BCUT2D eigenvalue weighted by atomic mass is 9.84. The molecule has 1 amide bonds. The number of halogens is 1. The van der Waals surface area contributed by atoms with Crippen LogP contribution in [0.25, 0.3) is 0 Å². The van der Waals surface area contributed by atoms with E-state index in [1.165, 1.54) is 19.5 Å². The van der Waals surface area contributed by atoms with Gasteiger partial charge in [0.25, 0.3) is 0 Å². The highest BCUT2D eigenvalue weighted by Crippen LogP contribution is 2.34. The number of nitrogens with zero attached hydrogens (tertiary/aromatic N) is 1. The molecule has 1 saturated heterocycles. The molecule has 4 heteroatoms. The summed E-state index contributed by atoms with van der Waals surface area (Å²) in [6.07, 6.45) is 3.10. The first-order valence-electron chi connectivity index (χ1n) is 6.51. The van der Waals surface area contributed by atoms with Gasteiger partial charge in [0.2, 0.25) is 5.91 Å². The summed E-state index contributed by atoms with van der Waals surface area (Å²) in [6, 6.07) is 0. The maximum Gasteiger partial charge on any atom is 0.220 e. The lowest BCUT2D eigenvalue weighted by Gasteiger charge is -2.24. The number of primary amides is 1. The van der Waals surface area contributed by atoms with E-state index in [-0.39, 0.29) is 39.1 Å². The molecule has 0 spiro atoms. The number of likely N-dealkylation sites (tertiary alicyclic amines) is 1. The number of hydrogen-bond acceptors (Lipinski definition) is 1. The number of nitrogens with two attached hydrogens (primary N) is 1. The van der Waals surface area contributed by atoms with Crippen LogP contribution in [0.3, 0.4) is 0 Å². The van der Waals surface area contributed by atoms with Crippen LogP contribution in [-0.2, 0) is 4.79 Å². The average Bonchev–Trinajstić information content (AvgIpc) is 2.49. The van der Waals surface area contributed by atoms with E-state index in [1.54, 1.807) is 0 Å². The van der Waals surface area contributed by atoms with Gasteiger partial charge in [0.15, 0.2) is 0 Å². The van der Waals surface area contributed by atoms with Gasteiger partial charge < -0.3 is 22.6 Å². The Morgan fingerprint density at radius 2 is 1.68 bits per heavy atom. The molecular formula is C15H35ClN2O.